The minimum atomic E-state index is -4.19. The second kappa shape index (κ2) is 7.33. The van der Waals surface area contributed by atoms with Gasteiger partial charge in [0.25, 0.3) is 0 Å². The zero-order valence-electron chi connectivity index (χ0n) is 13.8. The minimum absolute atomic E-state index is 0.0596. The van der Waals surface area contributed by atoms with Gasteiger partial charge in [0.1, 0.15) is 0 Å². The maximum atomic E-state index is 12.7. The minimum Gasteiger partial charge on any atom is -0.323 e. The average Bonchev–Trinajstić information content (AvgIpc) is 2.34. The van der Waals surface area contributed by atoms with E-state index in [0.717, 1.165) is 25.8 Å². The summed E-state index contributed by atoms with van der Waals surface area (Å²) < 4.78 is 38.0. The summed E-state index contributed by atoms with van der Waals surface area (Å²) in [4.78, 5) is 18.0. The summed E-state index contributed by atoms with van der Waals surface area (Å²) in [5.41, 5.74) is 0. The van der Waals surface area contributed by atoms with Crippen molar-refractivity contribution in [1.82, 2.24) is 14.7 Å². The van der Waals surface area contributed by atoms with Crippen LogP contribution in [0.15, 0.2) is 0 Å². The number of alkyl halides is 4. The standard InChI is InChI=1S/C15H25F3IN3O/c1-10(2)20(3)9-12-5-4-6-13(19)22(12)14(23)21-7-11(8-21)15(16,17)18/h10-13H,4-9H2,1-3H3. The van der Waals surface area contributed by atoms with Gasteiger partial charge in [-0.1, -0.05) is 22.6 Å². The largest absolute Gasteiger partial charge is 0.395 e. The summed E-state index contributed by atoms with van der Waals surface area (Å²) in [7, 11) is 2.02. The average molecular weight is 447 g/mol. The van der Waals surface area contributed by atoms with Gasteiger partial charge in [0.2, 0.25) is 0 Å². The van der Waals surface area contributed by atoms with Crippen LogP contribution in [0.4, 0.5) is 18.0 Å². The first-order valence-corrected chi connectivity index (χ1v) is 9.34. The molecule has 2 heterocycles. The van der Waals surface area contributed by atoms with E-state index in [9.17, 15) is 18.0 Å². The van der Waals surface area contributed by atoms with E-state index in [1.807, 2.05) is 11.9 Å². The van der Waals surface area contributed by atoms with E-state index in [1.165, 1.54) is 4.90 Å². The third kappa shape index (κ3) is 4.43. The smallest absolute Gasteiger partial charge is 0.323 e. The first-order chi connectivity index (χ1) is 10.6. The van der Waals surface area contributed by atoms with Gasteiger partial charge in [-0.05, 0) is 40.2 Å². The number of carbonyl (C=O) groups excluding carboxylic acids is 1. The van der Waals surface area contributed by atoms with Gasteiger partial charge < -0.3 is 14.7 Å². The Morgan fingerprint density at radius 3 is 2.43 bits per heavy atom. The van der Waals surface area contributed by atoms with Crippen LogP contribution in [0.3, 0.4) is 0 Å². The highest BCUT2D eigenvalue weighted by Gasteiger charge is 2.50. The molecule has 2 unspecified atom stereocenters. The summed E-state index contributed by atoms with van der Waals surface area (Å²) in [5, 5.41) is 0. The summed E-state index contributed by atoms with van der Waals surface area (Å²) in [6.07, 6.45) is -1.32. The lowest BCUT2D eigenvalue weighted by molar-refractivity contribution is -0.203. The van der Waals surface area contributed by atoms with Crippen molar-refractivity contribution in [2.24, 2.45) is 5.92 Å². The Hall–Kier alpha value is -0.250. The quantitative estimate of drug-likeness (QED) is 0.376. The topological polar surface area (TPSA) is 26.8 Å². The van der Waals surface area contributed by atoms with Crippen molar-refractivity contribution in [3.8, 4) is 0 Å². The van der Waals surface area contributed by atoms with Crippen LogP contribution < -0.4 is 0 Å². The van der Waals surface area contributed by atoms with Crippen LogP contribution in [0.2, 0.25) is 0 Å². The molecule has 0 aliphatic carbocycles. The number of hydrogen-bond donors (Lipinski definition) is 0. The number of likely N-dealkylation sites (tertiary alicyclic amines) is 2. The lowest BCUT2D eigenvalue weighted by Gasteiger charge is -2.48. The number of urea groups is 1. The molecule has 0 aromatic rings. The number of likely N-dealkylation sites (N-methyl/N-ethyl adjacent to an activating group) is 1. The SMILES string of the molecule is CC(C)N(C)CC1CCCC(I)N1C(=O)N1CC(C(F)(F)F)C1. The molecule has 0 aromatic carbocycles. The molecule has 0 N–H and O–H groups in total. The highest BCUT2D eigenvalue weighted by molar-refractivity contribution is 14.1. The highest BCUT2D eigenvalue weighted by Crippen LogP contribution is 2.36. The predicted octanol–water partition coefficient (Wildman–Crippen LogP) is 3.56. The van der Waals surface area contributed by atoms with Crippen LogP contribution in [0.25, 0.3) is 0 Å². The van der Waals surface area contributed by atoms with Crippen LogP contribution in [-0.4, -0.2) is 69.7 Å². The predicted molar refractivity (Wildman–Crippen MR) is 91.6 cm³/mol. The fourth-order valence-corrected chi connectivity index (χ4v) is 4.17. The summed E-state index contributed by atoms with van der Waals surface area (Å²) in [6, 6.07) is 0.224. The van der Waals surface area contributed by atoms with Crippen molar-refractivity contribution in [2.75, 3.05) is 26.7 Å². The zero-order chi connectivity index (χ0) is 17.4. The normalized spacial score (nSPS) is 26.8. The first-order valence-electron chi connectivity index (χ1n) is 8.09. The third-order valence-corrected chi connectivity index (χ3v) is 6.11. The molecule has 2 fully saturated rings. The van der Waals surface area contributed by atoms with Gasteiger partial charge in [-0.2, -0.15) is 13.2 Å². The Bertz CT molecular complexity index is 427. The van der Waals surface area contributed by atoms with Crippen molar-refractivity contribution in [3.63, 3.8) is 0 Å². The fourth-order valence-electron chi connectivity index (χ4n) is 3.03. The van der Waals surface area contributed by atoms with Crippen LogP contribution in [0.5, 0.6) is 0 Å². The molecule has 0 saturated carbocycles. The van der Waals surface area contributed by atoms with Gasteiger partial charge in [-0.15, -0.1) is 0 Å². The van der Waals surface area contributed by atoms with Gasteiger partial charge in [0.05, 0.1) is 9.97 Å². The van der Waals surface area contributed by atoms with Gasteiger partial charge >= 0.3 is 12.2 Å². The van der Waals surface area contributed by atoms with E-state index < -0.39 is 12.1 Å². The molecular weight excluding hydrogens is 422 g/mol. The Kier molecular flexibility index (Phi) is 6.08. The molecule has 8 heteroatoms. The summed E-state index contributed by atoms with van der Waals surface area (Å²) in [5.74, 6) is -1.36. The molecule has 0 bridgehead atoms. The number of carbonyl (C=O) groups is 1. The molecule has 4 nitrogen and oxygen atoms in total. The van der Waals surface area contributed by atoms with E-state index in [0.29, 0.717) is 6.04 Å². The lowest BCUT2D eigenvalue weighted by atomic mass is 9.98. The maximum absolute atomic E-state index is 12.7. The van der Waals surface area contributed by atoms with E-state index >= 15 is 0 Å². The second-order valence-electron chi connectivity index (χ2n) is 6.89. The van der Waals surface area contributed by atoms with Gasteiger partial charge in [0.15, 0.2) is 0 Å². The van der Waals surface area contributed by atoms with E-state index in [4.69, 9.17) is 0 Å². The molecule has 2 saturated heterocycles. The Morgan fingerprint density at radius 2 is 1.91 bits per heavy atom. The van der Waals surface area contributed by atoms with Crippen molar-refractivity contribution in [2.45, 2.75) is 55.4 Å². The molecule has 0 aromatic heterocycles. The molecule has 134 valence electrons. The maximum Gasteiger partial charge on any atom is 0.395 e. The Morgan fingerprint density at radius 1 is 1.30 bits per heavy atom. The van der Waals surface area contributed by atoms with Gasteiger partial charge in [0, 0.05) is 31.7 Å². The molecule has 23 heavy (non-hydrogen) atoms. The number of piperidine rings is 1. The van der Waals surface area contributed by atoms with Crippen LogP contribution >= 0.6 is 22.6 Å². The second-order valence-corrected chi connectivity index (χ2v) is 8.32. The highest BCUT2D eigenvalue weighted by atomic mass is 127. The molecule has 2 aliphatic heterocycles. The fraction of sp³-hybridized carbons (Fsp3) is 0.933. The van der Waals surface area contributed by atoms with Crippen LogP contribution in [0, 0.1) is 5.92 Å². The number of hydrogen-bond acceptors (Lipinski definition) is 2. The first kappa shape index (κ1) is 19.1. The Labute approximate surface area is 149 Å². The third-order valence-electron chi connectivity index (χ3n) is 4.89. The van der Waals surface area contributed by atoms with E-state index in [1.54, 1.807) is 0 Å². The number of rotatable bonds is 3. The van der Waals surface area contributed by atoms with Crippen LogP contribution in [0.1, 0.15) is 33.1 Å². The summed E-state index contributed by atoms with van der Waals surface area (Å²) in [6.45, 7) is 4.56. The van der Waals surface area contributed by atoms with Crippen LogP contribution in [-0.2, 0) is 0 Å². The van der Waals surface area contributed by atoms with E-state index in [-0.39, 0.29) is 29.2 Å². The monoisotopic (exact) mass is 447 g/mol. The van der Waals surface area contributed by atoms with Crippen molar-refractivity contribution in [3.05, 3.63) is 0 Å². The van der Waals surface area contributed by atoms with Gasteiger partial charge in [-0.3, -0.25) is 0 Å². The number of halogens is 4. The van der Waals surface area contributed by atoms with Gasteiger partial charge in [-0.25, -0.2) is 4.79 Å². The molecule has 2 atom stereocenters. The number of nitrogens with zero attached hydrogens (tertiary/aromatic N) is 3. The zero-order valence-corrected chi connectivity index (χ0v) is 16.0. The Balaban J connectivity index is 2.00. The van der Waals surface area contributed by atoms with Crippen molar-refractivity contribution < 1.29 is 18.0 Å². The lowest BCUT2D eigenvalue weighted by Crippen LogP contribution is -2.63. The molecule has 0 spiro atoms. The molecular formula is C15H25F3IN3O. The summed E-state index contributed by atoms with van der Waals surface area (Å²) >= 11 is 2.25. The molecule has 2 amide bonds. The molecule has 0 radical (unpaired) electrons. The number of amides is 2. The van der Waals surface area contributed by atoms with E-state index in [2.05, 4.69) is 41.3 Å². The molecule has 2 rings (SSSR count). The molecule has 2 aliphatic rings. The van der Waals surface area contributed by atoms with Crippen molar-refractivity contribution >= 4 is 28.6 Å². The van der Waals surface area contributed by atoms with Crippen molar-refractivity contribution in [1.29, 1.82) is 0 Å².